The number of nitriles is 1. The van der Waals surface area contributed by atoms with Gasteiger partial charge >= 0.3 is 5.69 Å². The summed E-state index contributed by atoms with van der Waals surface area (Å²) < 4.78 is 0. The first-order valence-corrected chi connectivity index (χ1v) is 6.97. The molecule has 0 amide bonds. The second kappa shape index (κ2) is 6.33. The summed E-state index contributed by atoms with van der Waals surface area (Å²) in [7, 11) is 0. The van der Waals surface area contributed by atoms with Crippen molar-refractivity contribution in [3.63, 3.8) is 0 Å². The minimum Gasteiger partial charge on any atom is -0.367 e. The Labute approximate surface area is 118 Å². The fourth-order valence-electron chi connectivity index (χ4n) is 2.84. The Morgan fingerprint density at radius 3 is 2.90 bits per heavy atom. The zero-order valence-corrected chi connectivity index (χ0v) is 11.5. The molecule has 2 rings (SSSR count). The van der Waals surface area contributed by atoms with Crippen LogP contribution in [0, 0.1) is 27.4 Å². The van der Waals surface area contributed by atoms with E-state index in [1.807, 2.05) is 0 Å². The van der Waals surface area contributed by atoms with Gasteiger partial charge in [-0.3, -0.25) is 10.1 Å². The van der Waals surface area contributed by atoms with E-state index in [0.29, 0.717) is 17.8 Å². The van der Waals surface area contributed by atoms with Crippen LogP contribution in [0.2, 0.25) is 0 Å². The van der Waals surface area contributed by atoms with Crippen molar-refractivity contribution in [1.29, 1.82) is 5.26 Å². The van der Waals surface area contributed by atoms with Crippen LogP contribution < -0.4 is 5.32 Å². The first kappa shape index (κ1) is 14.3. The van der Waals surface area contributed by atoms with Gasteiger partial charge < -0.3 is 5.32 Å². The molecule has 0 radical (unpaired) electrons. The van der Waals surface area contributed by atoms with Gasteiger partial charge in [0, 0.05) is 12.1 Å². The summed E-state index contributed by atoms with van der Waals surface area (Å²) in [5.41, 5.74) is -0.377. The maximum Gasteiger partial charge on any atom is 0.305 e. The minimum atomic E-state index is -0.579. The van der Waals surface area contributed by atoms with Crippen molar-refractivity contribution in [2.45, 2.75) is 45.1 Å². The molecular formula is C14H18N4O2. The Morgan fingerprint density at radius 1 is 1.50 bits per heavy atom. The summed E-state index contributed by atoms with van der Waals surface area (Å²) in [6.45, 7) is 2.18. The molecule has 0 spiro atoms. The number of nitrogens with one attached hydrogen (secondary N) is 1. The fourth-order valence-corrected chi connectivity index (χ4v) is 2.84. The molecule has 106 valence electrons. The number of hydrogen-bond acceptors (Lipinski definition) is 5. The van der Waals surface area contributed by atoms with Crippen LogP contribution in [-0.2, 0) is 0 Å². The van der Waals surface area contributed by atoms with E-state index in [4.69, 9.17) is 5.26 Å². The van der Waals surface area contributed by atoms with Gasteiger partial charge in [0.1, 0.15) is 11.9 Å². The number of anilines is 1. The molecule has 0 saturated heterocycles. The summed E-state index contributed by atoms with van der Waals surface area (Å²) in [4.78, 5) is 14.3. The maximum absolute atomic E-state index is 10.8. The lowest BCUT2D eigenvalue weighted by Gasteiger charge is -2.31. The molecule has 6 nitrogen and oxygen atoms in total. The largest absolute Gasteiger partial charge is 0.367 e. The highest BCUT2D eigenvalue weighted by Crippen LogP contribution is 2.29. The molecule has 1 aliphatic carbocycles. The van der Waals surface area contributed by atoms with E-state index in [2.05, 4.69) is 17.2 Å². The van der Waals surface area contributed by atoms with Crippen LogP contribution >= 0.6 is 0 Å². The molecule has 1 fully saturated rings. The highest BCUT2D eigenvalue weighted by molar-refractivity contribution is 5.50. The van der Waals surface area contributed by atoms with Gasteiger partial charge in [0.05, 0.1) is 4.92 Å². The van der Waals surface area contributed by atoms with E-state index in [9.17, 15) is 10.1 Å². The number of aromatic nitrogens is 1. The molecule has 2 unspecified atom stereocenters. The third kappa shape index (κ3) is 3.05. The molecule has 6 heteroatoms. The van der Waals surface area contributed by atoms with Crippen molar-refractivity contribution in [2.24, 2.45) is 5.92 Å². The molecule has 1 aromatic heterocycles. The van der Waals surface area contributed by atoms with Crippen molar-refractivity contribution in [3.05, 3.63) is 27.9 Å². The van der Waals surface area contributed by atoms with E-state index in [-0.39, 0.29) is 11.4 Å². The SMILES string of the molecule is CCC1CCCCC1Nc1ccc([N+](=O)[O-])c(C#N)n1. The average Bonchev–Trinajstić information content (AvgIpc) is 2.47. The Morgan fingerprint density at radius 2 is 2.25 bits per heavy atom. The molecule has 1 aromatic rings. The average molecular weight is 274 g/mol. The molecule has 20 heavy (non-hydrogen) atoms. The van der Waals surface area contributed by atoms with Gasteiger partial charge in [0.15, 0.2) is 0 Å². The molecule has 0 bridgehead atoms. The lowest BCUT2D eigenvalue weighted by Crippen LogP contribution is -2.32. The highest BCUT2D eigenvalue weighted by Gasteiger charge is 2.24. The van der Waals surface area contributed by atoms with Crippen molar-refractivity contribution >= 4 is 11.5 Å². The Balaban J connectivity index is 2.17. The summed E-state index contributed by atoms with van der Waals surface area (Å²) in [5, 5.41) is 23.1. The first-order valence-electron chi connectivity index (χ1n) is 6.97. The lowest BCUT2D eigenvalue weighted by molar-refractivity contribution is -0.385. The molecule has 2 atom stereocenters. The normalized spacial score (nSPS) is 22.0. The number of rotatable bonds is 4. The van der Waals surface area contributed by atoms with Gasteiger partial charge in [-0.15, -0.1) is 0 Å². The van der Waals surface area contributed by atoms with Crippen LogP contribution in [0.25, 0.3) is 0 Å². The van der Waals surface area contributed by atoms with Gasteiger partial charge in [-0.2, -0.15) is 5.26 Å². The third-order valence-corrected chi connectivity index (χ3v) is 3.94. The van der Waals surface area contributed by atoms with Crippen molar-refractivity contribution in [2.75, 3.05) is 5.32 Å². The maximum atomic E-state index is 10.8. The van der Waals surface area contributed by atoms with Crippen LogP contribution in [0.1, 0.15) is 44.7 Å². The Hall–Kier alpha value is -2.16. The summed E-state index contributed by atoms with van der Waals surface area (Å²) in [6, 6.07) is 5.06. The van der Waals surface area contributed by atoms with Crippen LogP contribution in [0.15, 0.2) is 12.1 Å². The van der Waals surface area contributed by atoms with E-state index in [1.165, 1.54) is 25.3 Å². The fraction of sp³-hybridized carbons (Fsp3) is 0.571. The smallest absolute Gasteiger partial charge is 0.305 e. The molecule has 1 saturated carbocycles. The first-order chi connectivity index (χ1) is 9.65. The summed E-state index contributed by atoms with van der Waals surface area (Å²) in [5.74, 6) is 1.16. The summed E-state index contributed by atoms with van der Waals surface area (Å²) in [6.07, 6.45) is 5.83. The zero-order chi connectivity index (χ0) is 14.5. The van der Waals surface area contributed by atoms with Crippen LogP contribution in [0.4, 0.5) is 11.5 Å². The highest BCUT2D eigenvalue weighted by atomic mass is 16.6. The van der Waals surface area contributed by atoms with E-state index >= 15 is 0 Å². The Bertz CT molecular complexity index is 538. The van der Waals surface area contributed by atoms with Gasteiger partial charge in [-0.05, 0) is 24.8 Å². The third-order valence-electron chi connectivity index (χ3n) is 3.94. The van der Waals surface area contributed by atoms with Crippen LogP contribution in [0.3, 0.4) is 0 Å². The quantitative estimate of drug-likeness (QED) is 0.672. The van der Waals surface area contributed by atoms with Crippen LogP contribution in [0.5, 0.6) is 0 Å². The topological polar surface area (TPSA) is 91.9 Å². The number of nitro groups is 1. The molecule has 0 aliphatic heterocycles. The Kier molecular flexibility index (Phi) is 4.51. The predicted octanol–water partition coefficient (Wildman–Crippen LogP) is 3.24. The second-order valence-electron chi connectivity index (χ2n) is 5.14. The van der Waals surface area contributed by atoms with Gasteiger partial charge in [-0.1, -0.05) is 26.2 Å². The van der Waals surface area contributed by atoms with E-state index in [0.717, 1.165) is 12.8 Å². The van der Waals surface area contributed by atoms with Crippen LogP contribution in [-0.4, -0.2) is 15.9 Å². The van der Waals surface area contributed by atoms with E-state index in [1.54, 1.807) is 12.1 Å². The monoisotopic (exact) mass is 274 g/mol. The van der Waals surface area contributed by atoms with Gasteiger partial charge in [-0.25, -0.2) is 4.98 Å². The molecule has 1 heterocycles. The predicted molar refractivity (Wildman–Crippen MR) is 75.3 cm³/mol. The summed E-state index contributed by atoms with van der Waals surface area (Å²) >= 11 is 0. The van der Waals surface area contributed by atoms with E-state index < -0.39 is 4.92 Å². The van der Waals surface area contributed by atoms with Gasteiger partial charge in [0.25, 0.3) is 0 Å². The van der Waals surface area contributed by atoms with Crippen molar-refractivity contribution < 1.29 is 4.92 Å². The number of nitrogens with zero attached hydrogens (tertiary/aromatic N) is 3. The zero-order valence-electron chi connectivity index (χ0n) is 11.5. The molecular weight excluding hydrogens is 256 g/mol. The van der Waals surface area contributed by atoms with Crippen molar-refractivity contribution in [3.8, 4) is 6.07 Å². The molecule has 0 aromatic carbocycles. The molecule has 1 N–H and O–H groups in total. The lowest BCUT2D eigenvalue weighted by atomic mass is 9.83. The van der Waals surface area contributed by atoms with Gasteiger partial charge in [0.2, 0.25) is 5.69 Å². The molecule has 1 aliphatic rings. The second-order valence-corrected chi connectivity index (χ2v) is 5.14. The number of hydrogen-bond donors (Lipinski definition) is 1. The van der Waals surface area contributed by atoms with Crippen molar-refractivity contribution in [1.82, 2.24) is 4.98 Å². The standard InChI is InChI=1S/C14H18N4O2/c1-2-10-5-3-4-6-11(10)16-14-8-7-13(18(19)20)12(9-15)17-14/h7-8,10-11H,2-6H2,1H3,(H,16,17). The minimum absolute atomic E-state index is 0.135. The number of pyridine rings is 1.